The predicted molar refractivity (Wildman–Crippen MR) is 52.6 cm³/mol. The number of fused-ring (bicyclic) bond motifs is 1. The molecule has 3 nitrogen and oxygen atoms in total. The number of rotatable bonds is 2. The highest BCUT2D eigenvalue weighted by atomic mass is 16.5. The quantitative estimate of drug-likeness (QED) is 0.666. The second-order valence-electron chi connectivity index (χ2n) is 3.26. The Bertz CT molecular complexity index is 406. The summed E-state index contributed by atoms with van der Waals surface area (Å²) in [5, 5.41) is 0. The molecule has 0 fully saturated rings. The SMILES string of the molecule is [C-]#[N+]C1Cc2cc(OC)c(OC)cc21. The molecule has 1 aliphatic carbocycles. The van der Waals surface area contributed by atoms with Crippen LogP contribution in [0.1, 0.15) is 17.2 Å². The Balaban J connectivity index is 2.44. The molecular weight excluding hydrogens is 178 g/mol. The van der Waals surface area contributed by atoms with Crippen LogP contribution in [0.5, 0.6) is 11.5 Å². The average Bonchev–Trinajstić information content (AvgIpc) is 2.20. The van der Waals surface area contributed by atoms with E-state index in [0.29, 0.717) is 5.75 Å². The Hall–Kier alpha value is -1.69. The van der Waals surface area contributed by atoms with Gasteiger partial charge in [-0.1, -0.05) is 0 Å². The highest BCUT2D eigenvalue weighted by Crippen LogP contribution is 2.42. The summed E-state index contributed by atoms with van der Waals surface area (Å²) in [6.07, 6.45) is 0.833. The second kappa shape index (κ2) is 3.22. The van der Waals surface area contributed by atoms with Crippen LogP contribution in [0.2, 0.25) is 0 Å². The van der Waals surface area contributed by atoms with Gasteiger partial charge in [0, 0.05) is 5.56 Å². The van der Waals surface area contributed by atoms with E-state index in [1.807, 2.05) is 12.1 Å². The molecule has 1 aliphatic rings. The number of nitrogens with zero attached hydrogens (tertiary/aromatic N) is 1. The van der Waals surface area contributed by atoms with Crippen LogP contribution in [-0.2, 0) is 6.42 Å². The summed E-state index contributed by atoms with van der Waals surface area (Å²) in [4.78, 5) is 3.52. The first kappa shape index (κ1) is 8.89. The van der Waals surface area contributed by atoms with E-state index in [1.54, 1.807) is 14.2 Å². The predicted octanol–water partition coefficient (Wildman–Crippen LogP) is 2.22. The van der Waals surface area contributed by atoms with E-state index in [-0.39, 0.29) is 6.04 Å². The molecule has 0 aliphatic heterocycles. The fraction of sp³-hybridized carbons (Fsp3) is 0.364. The number of hydrogen-bond acceptors (Lipinski definition) is 2. The third-order valence-corrected chi connectivity index (χ3v) is 2.57. The lowest BCUT2D eigenvalue weighted by Gasteiger charge is -2.22. The molecule has 0 saturated heterocycles. The van der Waals surface area contributed by atoms with Crippen molar-refractivity contribution in [2.24, 2.45) is 0 Å². The van der Waals surface area contributed by atoms with Gasteiger partial charge in [0.05, 0.1) is 20.6 Å². The molecule has 3 heteroatoms. The smallest absolute Gasteiger partial charge is 0.253 e. The summed E-state index contributed by atoms with van der Waals surface area (Å²) in [7, 11) is 3.23. The largest absolute Gasteiger partial charge is 0.493 e. The first-order chi connectivity index (χ1) is 6.80. The lowest BCUT2D eigenvalue weighted by Crippen LogP contribution is -2.14. The molecule has 1 atom stereocenters. The fourth-order valence-electron chi connectivity index (χ4n) is 1.73. The molecular formula is C11H11NO2. The van der Waals surface area contributed by atoms with Crippen molar-refractivity contribution < 1.29 is 9.47 Å². The lowest BCUT2D eigenvalue weighted by atomic mass is 9.83. The number of hydrogen-bond donors (Lipinski definition) is 0. The Morgan fingerprint density at radius 3 is 2.50 bits per heavy atom. The van der Waals surface area contributed by atoms with Gasteiger partial charge in [-0.25, -0.2) is 6.57 Å². The monoisotopic (exact) mass is 189 g/mol. The van der Waals surface area contributed by atoms with Crippen molar-refractivity contribution in [2.75, 3.05) is 14.2 Å². The molecule has 0 heterocycles. The minimum absolute atomic E-state index is 0.0183. The van der Waals surface area contributed by atoms with E-state index < -0.39 is 0 Å². The normalized spacial score (nSPS) is 17.6. The molecule has 0 aromatic heterocycles. The summed E-state index contributed by atoms with van der Waals surface area (Å²) in [5.41, 5.74) is 2.28. The minimum Gasteiger partial charge on any atom is -0.493 e. The number of ether oxygens (including phenoxy) is 2. The Morgan fingerprint density at radius 1 is 1.29 bits per heavy atom. The number of methoxy groups -OCH3 is 2. The molecule has 0 spiro atoms. The van der Waals surface area contributed by atoms with Gasteiger partial charge in [-0.05, 0) is 17.7 Å². The molecule has 1 aromatic carbocycles. The first-order valence-corrected chi connectivity index (χ1v) is 4.41. The van der Waals surface area contributed by atoms with Gasteiger partial charge in [0.15, 0.2) is 11.5 Å². The molecule has 0 saturated carbocycles. The molecule has 0 N–H and O–H groups in total. The maximum absolute atomic E-state index is 6.97. The Morgan fingerprint density at radius 2 is 1.93 bits per heavy atom. The Kier molecular flexibility index (Phi) is 2.05. The van der Waals surface area contributed by atoms with Crippen molar-refractivity contribution in [3.05, 3.63) is 34.7 Å². The molecule has 2 rings (SSSR count). The van der Waals surface area contributed by atoms with Gasteiger partial charge in [-0.3, -0.25) is 0 Å². The average molecular weight is 189 g/mol. The van der Waals surface area contributed by atoms with Gasteiger partial charge < -0.3 is 14.3 Å². The van der Waals surface area contributed by atoms with Crippen molar-refractivity contribution in [3.63, 3.8) is 0 Å². The van der Waals surface area contributed by atoms with Gasteiger partial charge in [-0.15, -0.1) is 0 Å². The summed E-state index contributed by atoms with van der Waals surface area (Å²) < 4.78 is 10.3. The van der Waals surface area contributed by atoms with Gasteiger partial charge in [-0.2, -0.15) is 0 Å². The van der Waals surface area contributed by atoms with Crippen molar-refractivity contribution in [1.82, 2.24) is 0 Å². The van der Waals surface area contributed by atoms with Crippen molar-refractivity contribution in [2.45, 2.75) is 12.5 Å². The van der Waals surface area contributed by atoms with Gasteiger partial charge >= 0.3 is 0 Å². The molecule has 0 radical (unpaired) electrons. The maximum Gasteiger partial charge on any atom is 0.253 e. The van der Waals surface area contributed by atoms with Crippen LogP contribution in [0, 0.1) is 6.57 Å². The van der Waals surface area contributed by atoms with E-state index in [1.165, 1.54) is 5.56 Å². The number of benzene rings is 1. The zero-order valence-electron chi connectivity index (χ0n) is 8.20. The molecule has 1 aromatic rings. The molecule has 14 heavy (non-hydrogen) atoms. The summed E-state index contributed by atoms with van der Waals surface area (Å²) in [5.74, 6) is 1.45. The van der Waals surface area contributed by atoms with Crippen LogP contribution in [0.25, 0.3) is 4.85 Å². The van der Waals surface area contributed by atoms with Crippen LogP contribution >= 0.6 is 0 Å². The second-order valence-corrected chi connectivity index (χ2v) is 3.26. The third kappa shape index (κ3) is 1.12. The molecule has 0 bridgehead atoms. The van der Waals surface area contributed by atoms with E-state index in [0.717, 1.165) is 17.7 Å². The van der Waals surface area contributed by atoms with E-state index >= 15 is 0 Å². The molecule has 1 unspecified atom stereocenters. The zero-order valence-corrected chi connectivity index (χ0v) is 8.20. The fourth-order valence-corrected chi connectivity index (χ4v) is 1.73. The zero-order chi connectivity index (χ0) is 10.1. The van der Waals surface area contributed by atoms with Gasteiger partial charge in [0.1, 0.15) is 0 Å². The standard InChI is InChI=1S/C11H11NO2/c1-12-9-4-7-5-10(13-2)11(14-3)6-8(7)9/h5-6,9H,4H2,2-3H3. The van der Waals surface area contributed by atoms with E-state index in [9.17, 15) is 0 Å². The van der Waals surface area contributed by atoms with E-state index in [4.69, 9.17) is 16.0 Å². The molecule has 72 valence electrons. The van der Waals surface area contributed by atoms with Crippen LogP contribution < -0.4 is 9.47 Å². The topological polar surface area (TPSA) is 22.8 Å². The van der Waals surface area contributed by atoms with Crippen molar-refractivity contribution in [1.29, 1.82) is 0 Å². The van der Waals surface area contributed by atoms with Crippen molar-refractivity contribution in [3.8, 4) is 11.5 Å². The summed E-state index contributed by atoms with van der Waals surface area (Å²) >= 11 is 0. The third-order valence-electron chi connectivity index (χ3n) is 2.57. The van der Waals surface area contributed by atoms with Gasteiger partial charge in [0.25, 0.3) is 6.04 Å². The van der Waals surface area contributed by atoms with Crippen LogP contribution in [0.4, 0.5) is 0 Å². The summed E-state index contributed by atoms with van der Waals surface area (Å²) in [6, 6.07) is 3.88. The van der Waals surface area contributed by atoms with Gasteiger partial charge in [0.2, 0.25) is 0 Å². The highest BCUT2D eigenvalue weighted by Gasteiger charge is 2.32. The van der Waals surface area contributed by atoms with Crippen LogP contribution in [0.3, 0.4) is 0 Å². The summed E-state index contributed by atoms with van der Waals surface area (Å²) in [6.45, 7) is 6.97. The van der Waals surface area contributed by atoms with Crippen molar-refractivity contribution >= 4 is 0 Å². The Labute approximate surface area is 83.1 Å². The highest BCUT2D eigenvalue weighted by molar-refractivity contribution is 5.53. The van der Waals surface area contributed by atoms with Crippen LogP contribution in [0.15, 0.2) is 12.1 Å². The lowest BCUT2D eigenvalue weighted by molar-refractivity contribution is 0.352. The van der Waals surface area contributed by atoms with Crippen LogP contribution in [-0.4, -0.2) is 14.2 Å². The first-order valence-electron chi connectivity index (χ1n) is 4.41. The molecule has 0 amide bonds. The maximum atomic E-state index is 6.97. The minimum atomic E-state index is 0.0183. The van der Waals surface area contributed by atoms with E-state index in [2.05, 4.69) is 4.85 Å².